The fourth-order valence-corrected chi connectivity index (χ4v) is 4.38. The first kappa shape index (κ1) is 20.6. The van der Waals surface area contributed by atoms with Crippen molar-refractivity contribution in [2.45, 2.75) is 5.60 Å². The molecule has 7 heteroatoms. The molecule has 0 bridgehead atoms. The summed E-state index contributed by atoms with van der Waals surface area (Å²) < 4.78 is 1.78. The predicted octanol–water partition coefficient (Wildman–Crippen LogP) is 5.62. The third-order valence-electron chi connectivity index (χ3n) is 5.64. The van der Waals surface area contributed by atoms with Crippen molar-refractivity contribution in [3.8, 4) is 11.1 Å². The van der Waals surface area contributed by atoms with Gasteiger partial charge in [0.25, 0.3) is 0 Å². The topological polar surface area (TPSA) is 63.8 Å². The minimum Gasteiger partial charge on any atom is -0.374 e. The molecule has 1 atom stereocenters. The molecule has 3 aromatic heterocycles. The average Bonchev–Trinajstić information content (AvgIpc) is 3.26. The number of halogens is 2. The highest BCUT2D eigenvalue weighted by Gasteiger charge is 2.37. The molecular weight excluding hydrogens is 443 g/mol. The van der Waals surface area contributed by atoms with Crippen molar-refractivity contribution in [2.75, 3.05) is 0 Å². The molecule has 0 radical (unpaired) electrons. The van der Waals surface area contributed by atoms with Gasteiger partial charge in [-0.3, -0.25) is 4.98 Å². The molecule has 158 valence electrons. The van der Waals surface area contributed by atoms with Gasteiger partial charge in [-0.05, 0) is 29.3 Å². The molecule has 32 heavy (non-hydrogen) atoms. The van der Waals surface area contributed by atoms with E-state index in [9.17, 15) is 5.11 Å². The summed E-state index contributed by atoms with van der Waals surface area (Å²) >= 11 is 12.9. The number of nitrogens with zero attached hydrogens (tertiary/aromatic N) is 4. The lowest BCUT2D eigenvalue weighted by Crippen LogP contribution is -2.31. The zero-order valence-corrected chi connectivity index (χ0v) is 18.6. The zero-order chi connectivity index (χ0) is 22.3. The van der Waals surface area contributed by atoms with Crippen molar-refractivity contribution in [1.29, 1.82) is 0 Å². The van der Waals surface area contributed by atoms with Gasteiger partial charge in [-0.15, -0.1) is 0 Å². The highest BCUT2D eigenvalue weighted by Crippen LogP contribution is 2.40. The summed E-state index contributed by atoms with van der Waals surface area (Å²) in [6.45, 7) is 0. The van der Waals surface area contributed by atoms with Gasteiger partial charge in [-0.25, -0.2) is 9.97 Å². The van der Waals surface area contributed by atoms with Gasteiger partial charge < -0.3 is 9.67 Å². The van der Waals surface area contributed by atoms with E-state index >= 15 is 0 Å². The minimum absolute atomic E-state index is 0.347. The Hall–Kier alpha value is -3.25. The van der Waals surface area contributed by atoms with Gasteiger partial charge in [-0.1, -0.05) is 65.7 Å². The van der Waals surface area contributed by atoms with Gasteiger partial charge >= 0.3 is 0 Å². The van der Waals surface area contributed by atoms with E-state index in [1.54, 1.807) is 41.6 Å². The van der Waals surface area contributed by atoms with Crippen molar-refractivity contribution in [3.63, 3.8) is 0 Å². The number of imidazole rings is 1. The third kappa shape index (κ3) is 3.35. The number of hydrogen-bond donors (Lipinski definition) is 1. The smallest absolute Gasteiger partial charge is 0.158 e. The van der Waals surface area contributed by atoms with E-state index in [1.165, 1.54) is 0 Å². The number of aryl methyl sites for hydroxylation is 1. The van der Waals surface area contributed by atoms with Crippen LogP contribution in [0, 0.1) is 0 Å². The van der Waals surface area contributed by atoms with Crippen LogP contribution in [0.4, 0.5) is 0 Å². The summed E-state index contributed by atoms with van der Waals surface area (Å²) in [4.78, 5) is 13.0. The second kappa shape index (κ2) is 8.02. The van der Waals surface area contributed by atoms with Crippen molar-refractivity contribution in [1.82, 2.24) is 19.5 Å². The summed E-state index contributed by atoms with van der Waals surface area (Å²) in [6, 6.07) is 18.8. The van der Waals surface area contributed by atoms with Crippen LogP contribution >= 0.6 is 23.2 Å². The number of aromatic nitrogens is 4. The molecule has 1 N–H and O–H groups in total. The Morgan fingerprint density at radius 2 is 1.66 bits per heavy atom. The molecule has 5 nitrogen and oxygen atoms in total. The Morgan fingerprint density at radius 3 is 2.34 bits per heavy atom. The van der Waals surface area contributed by atoms with E-state index in [0.29, 0.717) is 27.0 Å². The molecule has 0 aliphatic rings. The Bertz CT molecular complexity index is 1420. The van der Waals surface area contributed by atoms with Gasteiger partial charge in [0.05, 0.1) is 28.8 Å². The molecule has 2 aromatic carbocycles. The lowest BCUT2D eigenvalue weighted by molar-refractivity contribution is 0.117. The Labute approximate surface area is 194 Å². The number of fused-ring (bicyclic) bond motifs is 1. The van der Waals surface area contributed by atoms with Gasteiger partial charge in [0.1, 0.15) is 5.15 Å². The fourth-order valence-electron chi connectivity index (χ4n) is 3.96. The van der Waals surface area contributed by atoms with Crippen molar-refractivity contribution < 1.29 is 5.11 Å². The largest absolute Gasteiger partial charge is 0.374 e. The minimum atomic E-state index is -1.52. The molecule has 0 spiro atoms. The summed E-state index contributed by atoms with van der Waals surface area (Å²) in [5.41, 5.74) is 2.78. The maximum atomic E-state index is 12.1. The number of pyridine rings is 2. The van der Waals surface area contributed by atoms with E-state index in [0.717, 1.165) is 22.0 Å². The van der Waals surface area contributed by atoms with Gasteiger partial charge in [0.15, 0.2) is 5.60 Å². The zero-order valence-electron chi connectivity index (χ0n) is 17.1. The second-order valence-corrected chi connectivity index (χ2v) is 8.32. The van der Waals surface area contributed by atoms with E-state index in [2.05, 4.69) is 15.0 Å². The van der Waals surface area contributed by atoms with Crippen LogP contribution in [0.3, 0.4) is 0 Å². The number of hydrogen-bond acceptors (Lipinski definition) is 4. The lowest BCUT2D eigenvalue weighted by Gasteiger charge is -2.29. The van der Waals surface area contributed by atoms with Gasteiger partial charge in [-0.2, -0.15) is 0 Å². The molecular formula is C25H18Cl2N4O. The van der Waals surface area contributed by atoms with Gasteiger partial charge in [0.2, 0.25) is 0 Å². The van der Waals surface area contributed by atoms with E-state index < -0.39 is 5.60 Å². The average molecular weight is 461 g/mol. The number of rotatable bonds is 4. The fraction of sp³-hybridized carbons (Fsp3) is 0.0800. The molecule has 3 heterocycles. The molecule has 0 saturated carbocycles. The van der Waals surface area contributed by atoms with E-state index in [-0.39, 0.29) is 0 Å². The van der Waals surface area contributed by atoms with Crippen LogP contribution < -0.4 is 0 Å². The van der Waals surface area contributed by atoms with Crippen molar-refractivity contribution >= 4 is 34.1 Å². The molecule has 0 aliphatic carbocycles. The molecule has 0 amide bonds. The first-order chi connectivity index (χ1) is 15.5. The van der Waals surface area contributed by atoms with Crippen LogP contribution in [0.2, 0.25) is 10.2 Å². The second-order valence-electron chi connectivity index (χ2n) is 7.55. The SMILES string of the molecule is Cn1cncc1C(O)(c1ccc(Cl)nc1)c1ccc2ncc(-c3ccccc3)c(Cl)c2c1. The predicted molar refractivity (Wildman–Crippen MR) is 127 cm³/mol. The van der Waals surface area contributed by atoms with Crippen molar-refractivity contribution in [2.24, 2.45) is 7.05 Å². The van der Waals surface area contributed by atoms with E-state index in [1.807, 2.05) is 55.6 Å². The maximum absolute atomic E-state index is 12.1. The summed E-state index contributed by atoms with van der Waals surface area (Å²) in [7, 11) is 1.83. The Kier molecular flexibility index (Phi) is 5.18. The third-order valence-corrected chi connectivity index (χ3v) is 6.27. The number of aliphatic hydroxyl groups is 1. The normalized spacial score (nSPS) is 13.2. The summed E-state index contributed by atoms with van der Waals surface area (Å²) in [6.07, 6.45) is 6.63. The maximum Gasteiger partial charge on any atom is 0.158 e. The lowest BCUT2D eigenvalue weighted by atomic mass is 9.83. The van der Waals surface area contributed by atoms with Crippen LogP contribution in [-0.2, 0) is 12.6 Å². The standard InChI is InChI=1S/C25H18Cl2N4O/c1-31-15-28-14-22(31)25(32,18-8-10-23(26)30-12-18)17-7-9-21-19(11-17)24(27)20(13-29-21)16-5-3-2-4-6-16/h2-15,32H,1H3. The summed E-state index contributed by atoms with van der Waals surface area (Å²) in [5.74, 6) is 0. The molecule has 5 aromatic rings. The molecule has 0 aliphatic heterocycles. The quantitative estimate of drug-likeness (QED) is 0.353. The van der Waals surface area contributed by atoms with Crippen LogP contribution in [-0.4, -0.2) is 24.6 Å². The first-order valence-corrected chi connectivity index (χ1v) is 10.7. The molecule has 0 fully saturated rings. The monoisotopic (exact) mass is 460 g/mol. The number of benzene rings is 2. The molecule has 0 saturated heterocycles. The first-order valence-electron chi connectivity index (χ1n) is 9.94. The Balaban J connectivity index is 1.76. The van der Waals surface area contributed by atoms with Crippen molar-refractivity contribution in [3.05, 3.63) is 113 Å². The highest BCUT2D eigenvalue weighted by molar-refractivity contribution is 6.38. The Morgan fingerprint density at radius 1 is 0.875 bits per heavy atom. The highest BCUT2D eigenvalue weighted by atomic mass is 35.5. The van der Waals surface area contributed by atoms with Crippen LogP contribution in [0.15, 0.2) is 85.6 Å². The van der Waals surface area contributed by atoms with E-state index in [4.69, 9.17) is 23.2 Å². The molecule has 5 rings (SSSR count). The molecule has 1 unspecified atom stereocenters. The van der Waals surface area contributed by atoms with Gasteiger partial charge in [0, 0.05) is 36.0 Å². The van der Waals surface area contributed by atoms with Crippen LogP contribution in [0.25, 0.3) is 22.0 Å². The summed E-state index contributed by atoms with van der Waals surface area (Å²) in [5, 5.41) is 13.8. The van der Waals surface area contributed by atoms with Crippen LogP contribution in [0.1, 0.15) is 16.8 Å². The van der Waals surface area contributed by atoms with Crippen LogP contribution in [0.5, 0.6) is 0 Å².